The van der Waals surface area contributed by atoms with Crippen LogP contribution in [0.1, 0.15) is 6.92 Å². The predicted molar refractivity (Wildman–Crippen MR) is 41.2 cm³/mol. The average Bonchev–Trinajstić information content (AvgIpc) is 1.80. The molecule has 0 aliphatic heterocycles. The van der Waals surface area contributed by atoms with Gasteiger partial charge < -0.3 is 9.16 Å². The van der Waals surface area contributed by atoms with Crippen molar-refractivity contribution < 1.29 is 9.16 Å². The predicted octanol–water partition coefficient (Wildman–Crippen LogP) is 0.267. The zero-order valence-electron chi connectivity index (χ0n) is 6.14. The van der Waals surface area contributed by atoms with Crippen LogP contribution in [0.5, 0.6) is 0 Å². The number of hydrogen-bond donors (Lipinski definition) is 0. The summed E-state index contributed by atoms with van der Waals surface area (Å²) in [5.74, 6) is 0. The maximum absolute atomic E-state index is 5.17. The van der Waals surface area contributed by atoms with Crippen LogP contribution < -0.4 is 0 Å². The summed E-state index contributed by atoms with van der Waals surface area (Å²) in [5.41, 5.74) is 1.07. The van der Waals surface area contributed by atoms with Crippen LogP contribution in [0.3, 0.4) is 0 Å². The fraction of sp³-hybridized carbons (Fsp3) is 0.667. The highest BCUT2D eigenvalue weighted by atomic mass is 28.2. The second-order valence-corrected chi connectivity index (χ2v) is 3.40. The Kier molecular flexibility index (Phi) is 5.92. The summed E-state index contributed by atoms with van der Waals surface area (Å²) in [6.45, 7) is 6.33. The second kappa shape index (κ2) is 6.00. The first-order chi connectivity index (χ1) is 4.27. The van der Waals surface area contributed by atoms with Crippen LogP contribution in [0.2, 0.25) is 0 Å². The molecule has 0 aliphatic rings. The molecule has 0 spiro atoms. The lowest BCUT2D eigenvalue weighted by Crippen LogP contribution is -2.06. The SMILES string of the molecule is C=C(C)COC[SiH2]OC. The van der Waals surface area contributed by atoms with E-state index < -0.39 is 0 Å². The van der Waals surface area contributed by atoms with E-state index in [1.807, 2.05) is 6.92 Å². The minimum Gasteiger partial charge on any atom is -0.425 e. The Balaban J connectivity index is 2.83. The van der Waals surface area contributed by atoms with Crippen molar-refractivity contribution >= 4 is 9.76 Å². The first-order valence-corrected chi connectivity index (χ1v) is 4.56. The molecule has 0 aromatic heterocycles. The van der Waals surface area contributed by atoms with Crippen LogP contribution in [0.4, 0.5) is 0 Å². The standard InChI is InChI=1S/C6H14O2Si/c1-6(2)4-8-5-9-7-3/h1,4-5,9H2,2-3H3. The van der Waals surface area contributed by atoms with Crippen molar-refractivity contribution in [2.75, 3.05) is 19.9 Å². The molecular formula is C6H14O2Si. The van der Waals surface area contributed by atoms with Gasteiger partial charge in [0.05, 0.1) is 12.8 Å². The summed E-state index contributed by atoms with van der Waals surface area (Å²) in [4.78, 5) is 0. The zero-order chi connectivity index (χ0) is 7.11. The quantitative estimate of drug-likeness (QED) is 0.315. The Morgan fingerprint density at radius 2 is 2.33 bits per heavy atom. The van der Waals surface area contributed by atoms with Crippen LogP contribution in [-0.2, 0) is 9.16 Å². The highest BCUT2D eigenvalue weighted by Crippen LogP contribution is 1.86. The van der Waals surface area contributed by atoms with Gasteiger partial charge in [0.25, 0.3) is 0 Å². The highest BCUT2D eigenvalue weighted by molar-refractivity contribution is 6.26. The smallest absolute Gasteiger partial charge is 0.186 e. The van der Waals surface area contributed by atoms with Crippen LogP contribution >= 0.6 is 0 Å². The van der Waals surface area contributed by atoms with E-state index in [9.17, 15) is 0 Å². The Labute approximate surface area is 58.8 Å². The van der Waals surface area contributed by atoms with Gasteiger partial charge in [0.15, 0.2) is 9.76 Å². The van der Waals surface area contributed by atoms with Crippen molar-refractivity contribution in [2.45, 2.75) is 6.92 Å². The van der Waals surface area contributed by atoms with Crippen molar-refractivity contribution in [3.63, 3.8) is 0 Å². The molecule has 0 aromatic carbocycles. The summed E-state index contributed by atoms with van der Waals surface area (Å²) in [7, 11) is 1.33. The van der Waals surface area contributed by atoms with Gasteiger partial charge in [-0.2, -0.15) is 0 Å². The van der Waals surface area contributed by atoms with Crippen LogP contribution in [0, 0.1) is 0 Å². The minimum atomic E-state index is -0.385. The van der Waals surface area contributed by atoms with Gasteiger partial charge in [0.2, 0.25) is 0 Å². The highest BCUT2D eigenvalue weighted by Gasteiger charge is 1.86. The molecule has 0 heterocycles. The molecule has 0 fully saturated rings. The van der Waals surface area contributed by atoms with Gasteiger partial charge in [-0.15, -0.1) is 0 Å². The van der Waals surface area contributed by atoms with Gasteiger partial charge in [0, 0.05) is 7.11 Å². The summed E-state index contributed by atoms with van der Waals surface area (Å²) in [6, 6.07) is 0. The molecule has 0 saturated carbocycles. The Morgan fingerprint density at radius 1 is 1.67 bits per heavy atom. The van der Waals surface area contributed by atoms with Gasteiger partial charge in [-0.25, -0.2) is 0 Å². The number of hydrogen-bond acceptors (Lipinski definition) is 2. The third-order valence-electron chi connectivity index (χ3n) is 0.780. The maximum Gasteiger partial charge on any atom is 0.186 e. The van der Waals surface area contributed by atoms with E-state index in [4.69, 9.17) is 9.16 Å². The van der Waals surface area contributed by atoms with E-state index in [0.29, 0.717) is 6.61 Å². The summed E-state index contributed by atoms with van der Waals surface area (Å²) in [5, 5.41) is 0. The molecule has 0 aromatic rings. The molecule has 0 amide bonds. The van der Waals surface area contributed by atoms with Crippen LogP contribution in [0.15, 0.2) is 12.2 Å². The van der Waals surface area contributed by atoms with Crippen LogP contribution in [0.25, 0.3) is 0 Å². The summed E-state index contributed by atoms with van der Waals surface area (Å²) >= 11 is 0. The molecule has 3 heteroatoms. The van der Waals surface area contributed by atoms with Gasteiger partial charge in [0.1, 0.15) is 0 Å². The normalized spacial score (nSPS) is 10.9. The lowest BCUT2D eigenvalue weighted by atomic mass is 10.4. The largest absolute Gasteiger partial charge is 0.425 e. The molecule has 0 saturated heterocycles. The molecule has 0 unspecified atom stereocenters. The van der Waals surface area contributed by atoms with Crippen molar-refractivity contribution in [3.05, 3.63) is 12.2 Å². The Morgan fingerprint density at radius 3 is 2.78 bits per heavy atom. The second-order valence-electron chi connectivity index (χ2n) is 2.00. The van der Waals surface area contributed by atoms with E-state index >= 15 is 0 Å². The average molecular weight is 146 g/mol. The topological polar surface area (TPSA) is 18.5 Å². The number of rotatable bonds is 5. The van der Waals surface area contributed by atoms with E-state index in [0.717, 1.165) is 11.8 Å². The maximum atomic E-state index is 5.17. The van der Waals surface area contributed by atoms with Crippen molar-refractivity contribution in [2.24, 2.45) is 0 Å². The third kappa shape index (κ3) is 7.88. The number of ether oxygens (including phenoxy) is 1. The third-order valence-corrected chi connectivity index (χ3v) is 1.64. The molecule has 0 rings (SSSR count). The van der Waals surface area contributed by atoms with Gasteiger partial charge in [-0.3, -0.25) is 0 Å². The fourth-order valence-electron chi connectivity index (χ4n) is 0.389. The summed E-state index contributed by atoms with van der Waals surface area (Å²) in [6.07, 6.45) is 0.795. The van der Waals surface area contributed by atoms with E-state index in [2.05, 4.69) is 6.58 Å². The molecule has 9 heavy (non-hydrogen) atoms. The molecule has 54 valence electrons. The zero-order valence-corrected chi connectivity index (χ0v) is 7.56. The van der Waals surface area contributed by atoms with Crippen molar-refractivity contribution in [3.8, 4) is 0 Å². The fourth-order valence-corrected chi connectivity index (χ4v) is 0.818. The molecule has 0 atom stereocenters. The lowest BCUT2D eigenvalue weighted by molar-refractivity contribution is 0.192. The van der Waals surface area contributed by atoms with Crippen molar-refractivity contribution in [1.29, 1.82) is 0 Å². The molecule has 0 radical (unpaired) electrons. The van der Waals surface area contributed by atoms with Crippen molar-refractivity contribution in [1.82, 2.24) is 0 Å². The van der Waals surface area contributed by atoms with Gasteiger partial charge in [-0.05, 0) is 6.92 Å². The first kappa shape index (κ1) is 8.88. The minimum absolute atomic E-state index is 0.385. The molecular weight excluding hydrogens is 132 g/mol. The van der Waals surface area contributed by atoms with Gasteiger partial charge in [-0.1, -0.05) is 12.2 Å². The first-order valence-electron chi connectivity index (χ1n) is 2.98. The monoisotopic (exact) mass is 146 g/mol. The molecule has 0 aliphatic carbocycles. The lowest BCUT2D eigenvalue weighted by Gasteiger charge is -2.00. The Bertz CT molecular complexity index is 83.1. The molecule has 2 nitrogen and oxygen atoms in total. The van der Waals surface area contributed by atoms with E-state index in [1.165, 1.54) is 0 Å². The van der Waals surface area contributed by atoms with Crippen LogP contribution in [-0.4, -0.2) is 29.7 Å². The molecule has 0 N–H and O–H groups in total. The van der Waals surface area contributed by atoms with Gasteiger partial charge >= 0.3 is 0 Å². The van der Waals surface area contributed by atoms with E-state index in [-0.39, 0.29) is 9.76 Å². The Hall–Kier alpha value is -0.123. The summed E-state index contributed by atoms with van der Waals surface area (Å²) < 4.78 is 10.1. The molecule has 0 bridgehead atoms. The van der Waals surface area contributed by atoms with E-state index in [1.54, 1.807) is 7.11 Å².